The number of hydrogen-bond acceptors (Lipinski definition) is 3. The maximum atomic E-state index is 13.2. The lowest BCUT2D eigenvalue weighted by Gasteiger charge is -2.25. The summed E-state index contributed by atoms with van der Waals surface area (Å²) in [6.45, 7) is 5.21. The molecule has 3 rings (SSSR count). The third-order valence-corrected chi connectivity index (χ3v) is 4.44. The molecule has 1 aliphatic heterocycles. The highest BCUT2D eigenvalue weighted by atomic mass is 19.1. The number of carbonyl (C=O) groups excluding carboxylic acids is 1. The highest BCUT2D eigenvalue weighted by Gasteiger charge is 2.21. The fourth-order valence-corrected chi connectivity index (χ4v) is 3.08. The van der Waals surface area contributed by atoms with Crippen LogP contribution in [0.25, 0.3) is 0 Å². The fraction of sp³-hybridized carbons (Fsp3) is 0.381. The van der Waals surface area contributed by atoms with Crippen LogP contribution in [-0.2, 0) is 11.2 Å². The van der Waals surface area contributed by atoms with Gasteiger partial charge in [-0.2, -0.15) is 0 Å². The second kappa shape index (κ2) is 8.21. The predicted molar refractivity (Wildman–Crippen MR) is 97.9 cm³/mol. The topological polar surface area (TPSA) is 47.6 Å². The monoisotopic (exact) mass is 357 g/mol. The molecule has 0 aromatic heterocycles. The summed E-state index contributed by atoms with van der Waals surface area (Å²) >= 11 is 0. The molecule has 0 bridgehead atoms. The highest BCUT2D eigenvalue weighted by Crippen LogP contribution is 2.34. The van der Waals surface area contributed by atoms with Crippen molar-refractivity contribution in [3.63, 3.8) is 0 Å². The number of rotatable bonds is 6. The summed E-state index contributed by atoms with van der Waals surface area (Å²) in [4.78, 5) is 12.4. The van der Waals surface area contributed by atoms with Gasteiger partial charge in [-0.15, -0.1) is 0 Å². The molecule has 0 fully saturated rings. The van der Waals surface area contributed by atoms with E-state index < -0.39 is 0 Å². The summed E-state index contributed by atoms with van der Waals surface area (Å²) in [5, 5.41) is 3.10. The molecule has 1 aliphatic rings. The smallest absolute Gasteiger partial charge is 0.220 e. The van der Waals surface area contributed by atoms with Crippen LogP contribution in [0.4, 0.5) is 4.39 Å². The minimum Gasteiger partial charge on any atom is -0.486 e. The van der Waals surface area contributed by atoms with Crippen LogP contribution in [0.3, 0.4) is 0 Å². The van der Waals surface area contributed by atoms with Crippen molar-refractivity contribution in [1.82, 2.24) is 5.32 Å². The van der Waals surface area contributed by atoms with Crippen molar-refractivity contribution in [1.29, 1.82) is 0 Å². The number of amides is 1. The Morgan fingerprint density at radius 2 is 1.88 bits per heavy atom. The molecular formula is C21H24FNO3. The van der Waals surface area contributed by atoms with Gasteiger partial charge in [0, 0.05) is 6.42 Å². The highest BCUT2D eigenvalue weighted by molar-refractivity contribution is 5.76. The summed E-state index contributed by atoms with van der Waals surface area (Å²) in [5.74, 6) is 1.34. The quantitative estimate of drug-likeness (QED) is 0.849. The van der Waals surface area contributed by atoms with Crippen molar-refractivity contribution in [2.75, 3.05) is 13.2 Å². The molecule has 0 aliphatic carbocycles. The molecule has 1 atom stereocenters. The second-order valence-electron chi connectivity index (χ2n) is 6.82. The van der Waals surface area contributed by atoms with Gasteiger partial charge in [-0.25, -0.2) is 4.39 Å². The van der Waals surface area contributed by atoms with E-state index in [2.05, 4.69) is 19.2 Å². The van der Waals surface area contributed by atoms with E-state index in [1.807, 2.05) is 24.3 Å². The summed E-state index contributed by atoms with van der Waals surface area (Å²) in [5.41, 5.74) is 1.81. The Hall–Kier alpha value is -2.56. The maximum Gasteiger partial charge on any atom is 0.220 e. The number of halogens is 1. The third kappa shape index (κ3) is 4.54. The number of carbonyl (C=O) groups is 1. The Morgan fingerprint density at radius 1 is 1.12 bits per heavy atom. The van der Waals surface area contributed by atoms with E-state index in [1.165, 1.54) is 12.1 Å². The van der Waals surface area contributed by atoms with Crippen LogP contribution < -0.4 is 14.8 Å². The normalized spacial score (nSPS) is 14.2. The van der Waals surface area contributed by atoms with Gasteiger partial charge in [-0.05, 0) is 47.7 Å². The molecule has 1 amide bonds. The van der Waals surface area contributed by atoms with Crippen molar-refractivity contribution in [2.45, 2.75) is 32.7 Å². The molecule has 4 nitrogen and oxygen atoms in total. The Bertz CT molecular complexity index is 776. The van der Waals surface area contributed by atoms with Crippen molar-refractivity contribution >= 4 is 5.91 Å². The van der Waals surface area contributed by atoms with Gasteiger partial charge < -0.3 is 14.8 Å². The molecule has 2 aromatic carbocycles. The zero-order valence-electron chi connectivity index (χ0n) is 15.1. The number of fused-ring (bicyclic) bond motifs is 1. The van der Waals surface area contributed by atoms with E-state index in [0.29, 0.717) is 31.8 Å². The van der Waals surface area contributed by atoms with Gasteiger partial charge in [-0.1, -0.05) is 32.0 Å². The van der Waals surface area contributed by atoms with Crippen LogP contribution in [0.1, 0.15) is 37.4 Å². The standard InChI is InChI=1S/C21H24FNO3/c1-14(2)21(16-7-8-18-19(13-16)26-11-10-25-18)23-20(24)9-6-15-4-3-5-17(22)12-15/h3-5,7-8,12-14,21H,6,9-11H2,1-2H3,(H,23,24). The number of nitrogens with one attached hydrogen (secondary N) is 1. The van der Waals surface area contributed by atoms with Gasteiger partial charge in [0.15, 0.2) is 11.5 Å². The first-order valence-electron chi connectivity index (χ1n) is 8.96. The minimum absolute atomic E-state index is 0.0529. The van der Waals surface area contributed by atoms with Crippen LogP contribution in [0, 0.1) is 11.7 Å². The molecule has 1 heterocycles. The van der Waals surface area contributed by atoms with Gasteiger partial charge in [0.25, 0.3) is 0 Å². The molecule has 0 saturated carbocycles. The first-order valence-corrected chi connectivity index (χ1v) is 8.96. The van der Waals surface area contributed by atoms with Crippen molar-refractivity contribution < 1.29 is 18.7 Å². The van der Waals surface area contributed by atoms with Gasteiger partial charge in [0.2, 0.25) is 5.91 Å². The van der Waals surface area contributed by atoms with Crippen molar-refractivity contribution in [3.8, 4) is 11.5 Å². The predicted octanol–water partition coefficient (Wildman–Crippen LogP) is 4.04. The molecule has 26 heavy (non-hydrogen) atoms. The van der Waals surface area contributed by atoms with E-state index in [4.69, 9.17) is 9.47 Å². The van der Waals surface area contributed by atoms with Gasteiger partial charge in [0.05, 0.1) is 6.04 Å². The van der Waals surface area contributed by atoms with Gasteiger partial charge in [0.1, 0.15) is 19.0 Å². The van der Waals surface area contributed by atoms with Crippen LogP contribution in [0.2, 0.25) is 0 Å². The van der Waals surface area contributed by atoms with Gasteiger partial charge in [-0.3, -0.25) is 4.79 Å². The fourth-order valence-electron chi connectivity index (χ4n) is 3.08. The summed E-state index contributed by atoms with van der Waals surface area (Å²) in [6.07, 6.45) is 0.826. The van der Waals surface area contributed by atoms with E-state index in [-0.39, 0.29) is 23.7 Å². The molecule has 5 heteroatoms. The molecule has 2 aromatic rings. The molecule has 0 spiro atoms. The number of ether oxygens (including phenoxy) is 2. The average Bonchev–Trinajstić information content (AvgIpc) is 2.64. The molecular weight excluding hydrogens is 333 g/mol. The Kier molecular flexibility index (Phi) is 5.76. The zero-order chi connectivity index (χ0) is 18.5. The summed E-state index contributed by atoms with van der Waals surface area (Å²) in [7, 11) is 0. The van der Waals surface area contributed by atoms with Crippen LogP contribution in [0.5, 0.6) is 11.5 Å². The summed E-state index contributed by atoms with van der Waals surface area (Å²) in [6, 6.07) is 12.0. The lowest BCUT2D eigenvalue weighted by molar-refractivity contribution is -0.122. The number of benzene rings is 2. The van der Waals surface area contributed by atoms with Crippen molar-refractivity contribution in [2.24, 2.45) is 5.92 Å². The lowest BCUT2D eigenvalue weighted by Crippen LogP contribution is -2.32. The molecule has 0 saturated heterocycles. The number of aryl methyl sites for hydroxylation is 1. The first-order chi connectivity index (χ1) is 12.5. The van der Waals surface area contributed by atoms with Crippen LogP contribution >= 0.6 is 0 Å². The van der Waals surface area contributed by atoms with Crippen LogP contribution in [0.15, 0.2) is 42.5 Å². The molecule has 138 valence electrons. The SMILES string of the molecule is CC(C)C(NC(=O)CCc1cccc(F)c1)c1ccc2c(c1)OCCO2. The Labute approximate surface area is 153 Å². The molecule has 1 unspecified atom stereocenters. The third-order valence-electron chi connectivity index (χ3n) is 4.44. The second-order valence-corrected chi connectivity index (χ2v) is 6.82. The van der Waals surface area contributed by atoms with E-state index in [1.54, 1.807) is 6.07 Å². The zero-order valence-corrected chi connectivity index (χ0v) is 15.1. The van der Waals surface area contributed by atoms with E-state index in [9.17, 15) is 9.18 Å². The number of hydrogen-bond donors (Lipinski definition) is 1. The first kappa shape index (κ1) is 18.2. The van der Waals surface area contributed by atoms with Crippen molar-refractivity contribution in [3.05, 3.63) is 59.4 Å². The summed E-state index contributed by atoms with van der Waals surface area (Å²) < 4.78 is 24.4. The largest absolute Gasteiger partial charge is 0.486 e. The van der Waals surface area contributed by atoms with Gasteiger partial charge >= 0.3 is 0 Å². The maximum absolute atomic E-state index is 13.2. The molecule has 0 radical (unpaired) electrons. The average molecular weight is 357 g/mol. The molecule has 1 N–H and O–H groups in total. The Balaban J connectivity index is 1.65. The van der Waals surface area contributed by atoms with E-state index >= 15 is 0 Å². The minimum atomic E-state index is -0.278. The lowest BCUT2D eigenvalue weighted by atomic mass is 9.95. The Morgan fingerprint density at radius 3 is 2.62 bits per heavy atom. The van der Waals surface area contributed by atoms with E-state index in [0.717, 1.165) is 16.9 Å². The van der Waals surface area contributed by atoms with Crippen LogP contribution in [-0.4, -0.2) is 19.1 Å².